The molecule has 0 unspecified atom stereocenters. The van der Waals surface area contributed by atoms with Gasteiger partial charge in [0.25, 0.3) is 10.0 Å². The summed E-state index contributed by atoms with van der Waals surface area (Å²) in [4.78, 5) is 12.6. The van der Waals surface area contributed by atoms with Gasteiger partial charge in [0.1, 0.15) is 9.96 Å². The number of carbonyl (C=O) groups excluding carboxylic acids is 1. The van der Waals surface area contributed by atoms with Crippen molar-refractivity contribution in [3.05, 3.63) is 46.3 Å². The van der Waals surface area contributed by atoms with E-state index in [1.54, 1.807) is 19.2 Å². The van der Waals surface area contributed by atoms with Crippen LogP contribution in [0.15, 0.2) is 40.6 Å². The number of hydrogen-bond donors (Lipinski definition) is 1. The van der Waals surface area contributed by atoms with Crippen LogP contribution in [-0.4, -0.2) is 38.8 Å². The first-order valence-corrected chi connectivity index (χ1v) is 12.1. The number of methoxy groups -OCH3 is 1. The number of thiophene rings is 1. The van der Waals surface area contributed by atoms with Gasteiger partial charge in [0.2, 0.25) is 5.91 Å². The molecule has 1 aliphatic heterocycles. The summed E-state index contributed by atoms with van der Waals surface area (Å²) < 4.78 is 33.0. The topological polar surface area (TPSA) is 75.7 Å². The maximum atomic E-state index is 12.7. The third kappa shape index (κ3) is 5.12. The summed E-state index contributed by atoms with van der Waals surface area (Å²) in [5, 5.41) is 2.98. The monoisotopic (exact) mass is 456 g/mol. The van der Waals surface area contributed by atoms with Crippen LogP contribution in [0, 0.1) is 11.8 Å². The van der Waals surface area contributed by atoms with E-state index in [1.165, 1.54) is 4.31 Å². The van der Waals surface area contributed by atoms with Crippen molar-refractivity contribution in [2.45, 2.75) is 30.5 Å². The number of sulfonamides is 1. The number of ether oxygens (including phenoxy) is 1. The van der Waals surface area contributed by atoms with E-state index in [1.807, 2.05) is 31.2 Å². The second-order valence-corrected chi connectivity index (χ2v) is 11.0. The van der Waals surface area contributed by atoms with Gasteiger partial charge in [-0.25, -0.2) is 8.42 Å². The van der Waals surface area contributed by atoms with Gasteiger partial charge in [-0.1, -0.05) is 36.7 Å². The molecule has 2 heterocycles. The summed E-state index contributed by atoms with van der Waals surface area (Å²) in [7, 11) is -1.91. The molecule has 1 atom stereocenters. The third-order valence-electron chi connectivity index (χ3n) is 5.41. The molecule has 1 aliphatic rings. The van der Waals surface area contributed by atoms with E-state index in [0.29, 0.717) is 36.8 Å². The van der Waals surface area contributed by atoms with E-state index in [2.05, 4.69) is 5.32 Å². The molecule has 29 heavy (non-hydrogen) atoms. The summed E-state index contributed by atoms with van der Waals surface area (Å²) in [6.07, 6.45) is 1.31. The normalized spacial score (nSPS) is 17.1. The number of halogens is 1. The summed E-state index contributed by atoms with van der Waals surface area (Å²) in [5.74, 6) is 0.673. The lowest BCUT2D eigenvalue weighted by Crippen LogP contribution is -2.42. The number of nitrogens with one attached hydrogen (secondary N) is 1. The van der Waals surface area contributed by atoms with Crippen LogP contribution >= 0.6 is 22.9 Å². The van der Waals surface area contributed by atoms with Crippen LogP contribution < -0.4 is 10.1 Å². The lowest BCUT2D eigenvalue weighted by Gasteiger charge is -2.33. The molecule has 0 bridgehead atoms. The standard InChI is InChI=1S/C20H25ClN2O4S2/c1-14(20(24)22-13-16-5-3-4-6-17(16)27-2)15-9-11-23(12-10-15)29(25,26)19-8-7-18(21)28-19/h3-8,14-15H,9-13H2,1-2H3,(H,22,24)/t14-/m0/s1. The molecule has 0 saturated carbocycles. The third-order valence-corrected chi connectivity index (χ3v) is 9.00. The Bertz CT molecular complexity index is 953. The number of benzene rings is 1. The Kier molecular flexibility index (Phi) is 7.21. The van der Waals surface area contributed by atoms with Gasteiger partial charge in [-0.3, -0.25) is 4.79 Å². The van der Waals surface area contributed by atoms with Crippen LogP contribution in [0.25, 0.3) is 0 Å². The largest absolute Gasteiger partial charge is 0.496 e. The fourth-order valence-corrected chi connectivity index (χ4v) is 6.69. The minimum absolute atomic E-state index is 0.0257. The lowest BCUT2D eigenvalue weighted by molar-refractivity contribution is -0.126. The molecule has 158 valence electrons. The highest BCUT2D eigenvalue weighted by atomic mass is 35.5. The molecule has 1 fully saturated rings. The number of para-hydroxylation sites is 1. The Labute approximate surface area is 180 Å². The maximum Gasteiger partial charge on any atom is 0.252 e. The summed E-state index contributed by atoms with van der Waals surface area (Å²) in [6.45, 7) is 3.13. The van der Waals surface area contributed by atoms with Crippen molar-refractivity contribution < 1.29 is 17.9 Å². The van der Waals surface area contributed by atoms with Crippen molar-refractivity contribution in [2.75, 3.05) is 20.2 Å². The molecular weight excluding hydrogens is 432 g/mol. The fourth-order valence-electron chi connectivity index (χ4n) is 3.59. The van der Waals surface area contributed by atoms with Crippen LogP contribution in [-0.2, 0) is 21.4 Å². The lowest BCUT2D eigenvalue weighted by atomic mass is 9.85. The molecule has 1 amide bonds. The first kappa shape index (κ1) is 22.1. The van der Waals surface area contributed by atoms with Crippen LogP contribution in [0.2, 0.25) is 4.34 Å². The highest BCUT2D eigenvalue weighted by Gasteiger charge is 2.34. The zero-order valence-corrected chi connectivity index (χ0v) is 18.8. The Morgan fingerprint density at radius 3 is 2.59 bits per heavy atom. The minimum atomic E-state index is -3.51. The van der Waals surface area contributed by atoms with Crippen molar-refractivity contribution >= 4 is 38.9 Å². The van der Waals surface area contributed by atoms with E-state index in [0.717, 1.165) is 22.6 Å². The minimum Gasteiger partial charge on any atom is -0.496 e. The summed E-state index contributed by atoms with van der Waals surface area (Å²) in [5.41, 5.74) is 0.922. The number of hydrogen-bond acceptors (Lipinski definition) is 5. The number of rotatable bonds is 7. The van der Waals surface area contributed by atoms with Crippen molar-refractivity contribution in [3.8, 4) is 5.75 Å². The smallest absolute Gasteiger partial charge is 0.252 e. The molecular formula is C20H25ClN2O4S2. The Morgan fingerprint density at radius 2 is 1.97 bits per heavy atom. The van der Waals surface area contributed by atoms with E-state index in [-0.39, 0.29) is 22.0 Å². The maximum absolute atomic E-state index is 12.7. The second-order valence-electron chi connectivity index (χ2n) is 7.12. The molecule has 0 radical (unpaired) electrons. The molecule has 6 nitrogen and oxygen atoms in total. The second kappa shape index (κ2) is 9.47. The average Bonchev–Trinajstić information content (AvgIpc) is 3.19. The van der Waals surface area contributed by atoms with Crippen LogP contribution in [0.5, 0.6) is 5.75 Å². The first-order valence-electron chi connectivity index (χ1n) is 9.48. The zero-order valence-electron chi connectivity index (χ0n) is 16.4. The van der Waals surface area contributed by atoms with Gasteiger partial charge in [-0.05, 0) is 37.0 Å². The Balaban J connectivity index is 1.54. The molecule has 0 aliphatic carbocycles. The quantitative estimate of drug-likeness (QED) is 0.688. The molecule has 1 aromatic heterocycles. The molecule has 1 aromatic carbocycles. The number of amides is 1. The summed E-state index contributed by atoms with van der Waals surface area (Å²) >= 11 is 6.95. The molecule has 1 saturated heterocycles. The molecule has 0 spiro atoms. The highest BCUT2D eigenvalue weighted by Crippen LogP contribution is 2.32. The van der Waals surface area contributed by atoms with Crippen LogP contribution in [0.4, 0.5) is 0 Å². The Morgan fingerprint density at radius 1 is 1.28 bits per heavy atom. The van der Waals surface area contributed by atoms with E-state index >= 15 is 0 Å². The van der Waals surface area contributed by atoms with Gasteiger partial charge in [0.15, 0.2) is 0 Å². The molecule has 1 N–H and O–H groups in total. The van der Waals surface area contributed by atoms with Crippen molar-refractivity contribution in [2.24, 2.45) is 11.8 Å². The SMILES string of the molecule is COc1ccccc1CNC(=O)[C@@H](C)C1CCN(S(=O)(=O)c2ccc(Cl)s2)CC1. The van der Waals surface area contributed by atoms with E-state index in [9.17, 15) is 13.2 Å². The Hall–Kier alpha value is -1.61. The number of nitrogens with zero attached hydrogens (tertiary/aromatic N) is 1. The van der Waals surface area contributed by atoms with Gasteiger partial charge < -0.3 is 10.1 Å². The predicted octanol–water partition coefficient (Wildman–Crippen LogP) is 3.76. The fraction of sp³-hybridized carbons (Fsp3) is 0.450. The van der Waals surface area contributed by atoms with Gasteiger partial charge in [0.05, 0.1) is 11.4 Å². The number of piperidine rings is 1. The van der Waals surface area contributed by atoms with Crippen molar-refractivity contribution in [3.63, 3.8) is 0 Å². The molecule has 2 aromatic rings. The first-order chi connectivity index (χ1) is 13.8. The van der Waals surface area contributed by atoms with Crippen molar-refractivity contribution in [1.29, 1.82) is 0 Å². The summed E-state index contributed by atoms with van der Waals surface area (Å²) in [6, 6.07) is 10.7. The van der Waals surface area contributed by atoms with E-state index < -0.39 is 10.0 Å². The predicted molar refractivity (Wildman–Crippen MR) is 115 cm³/mol. The van der Waals surface area contributed by atoms with Gasteiger partial charge in [0, 0.05) is 31.1 Å². The number of carbonyl (C=O) groups is 1. The zero-order chi connectivity index (χ0) is 21.0. The highest BCUT2D eigenvalue weighted by molar-refractivity contribution is 7.91. The molecule has 3 rings (SSSR count). The van der Waals surface area contributed by atoms with Gasteiger partial charge >= 0.3 is 0 Å². The van der Waals surface area contributed by atoms with Crippen LogP contribution in [0.3, 0.4) is 0 Å². The van der Waals surface area contributed by atoms with E-state index in [4.69, 9.17) is 16.3 Å². The van der Waals surface area contributed by atoms with Crippen LogP contribution in [0.1, 0.15) is 25.3 Å². The van der Waals surface area contributed by atoms with Crippen molar-refractivity contribution in [1.82, 2.24) is 9.62 Å². The average molecular weight is 457 g/mol. The van der Waals surface area contributed by atoms with Gasteiger partial charge in [-0.2, -0.15) is 4.31 Å². The molecule has 9 heteroatoms. The van der Waals surface area contributed by atoms with Gasteiger partial charge in [-0.15, -0.1) is 11.3 Å².